The minimum Gasteiger partial charge on any atom is -0.355 e. The van der Waals surface area contributed by atoms with Gasteiger partial charge in [-0.2, -0.15) is 0 Å². The Kier molecular flexibility index (Phi) is 9.31. The maximum Gasteiger partial charge on any atom is 0.208 e. The molecule has 0 aliphatic rings. The Morgan fingerprint density at radius 2 is 2.11 bits per heavy atom. The fourth-order valence-corrected chi connectivity index (χ4v) is 2.34. The van der Waals surface area contributed by atoms with Gasteiger partial charge in [-0.25, -0.2) is 13.1 Å². The fraction of sp³-hybridized carbons (Fsp3) is 0.500. The molecule has 0 bridgehead atoms. The molecule has 0 unspecified atom stereocenters. The molecule has 1 rings (SSSR count). The molecule has 0 aliphatic carbocycles. The standard InChI is InChI=1S/C10H18N4O2S2.HI/c1-11-10(12-5-6-14-18(2,15)16)13-8-9-4-3-7-17-9;/h3-4,7,14H,5-6,8H2,1-2H3,(H2,11,12,13);1H. The molecule has 0 aromatic carbocycles. The van der Waals surface area contributed by atoms with Crippen LogP contribution in [0.3, 0.4) is 0 Å². The second kappa shape index (κ2) is 9.50. The quantitative estimate of drug-likeness (QED) is 0.273. The van der Waals surface area contributed by atoms with Crippen LogP contribution in [0.1, 0.15) is 4.88 Å². The number of nitrogens with zero attached hydrogens (tertiary/aromatic N) is 1. The smallest absolute Gasteiger partial charge is 0.208 e. The van der Waals surface area contributed by atoms with Gasteiger partial charge in [0.1, 0.15) is 0 Å². The van der Waals surface area contributed by atoms with Gasteiger partial charge >= 0.3 is 0 Å². The van der Waals surface area contributed by atoms with Crippen LogP contribution in [0.5, 0.6) is 0 Å². The van der Waals surface area contributed by atoms with Crippen molar-refractivity contribution < 1.29 is 8.42 Å². The summed E-state index contributed by atoms with van der Waals surface area (Å²) < 4.78 is 24.1. The van der Waals surface area contributed by atoms with Crippen LogP contribution in [0.25, 0.3) is 0 Å². The van der Waals surface area contributed by atoms with E-state index in [1.54, 1.807) is 18.4 Å². The van der Waals surface area contributed by atoms with Crippen molar-refractivity contribution in [2.75, 3.05) is 26.4 Å². The topological polar surface area (TPSA) is 82.6 Å². The third-order valence-electron chi connectivity index (χ3n) is 2.02. The van der Waals surface area contributed by atoms with E-state index in [-0.39, 0.29) is 24.0 Å². The lowest BCUT2D eigenvalue weighted by molar-refractivity contribution is 0.586. The summed E-state index contributed by atoms with van der Waals surface area (Å²) in [6.07, 6.45) is 1.14. The number of hydrogen-bond donors (Lipinski definition) is 3. The van der Waals surface area contributed by atoms with E-state index in [9.17, 15) is 8.42 Å². The molecule has 0 radical (unpaired) electrons. The number of halogens is 1. The maximum absolute atomic E-state index is 10.8. The minimum absolute atomic E-state index is 0. The van der Waals surface area contributed by atoms with Crippen LogP contribution >= 0.6 is 35.3 Å². The van der Waals surface area contributed by atoms with Gasteiger partial charge in [-0.1, -0.05) is 6.07 Å². The summed E-state index contributed by atoms with van der Waals surface area (Å²) in [6.45, 7) is 1.52. The zero-order valence-corrected chi connectivity index (χ0v) is 14.8. The van der Waals surface area contributed by atoms with Gasteiger partial charge in [-0.15, -0.1) is 35.3 Å². The molecule has 0 spiro atoms. The van der Waals surface area contributed by atoms with Crippen LogP contribution in [0.2, 0.25) is 0 Å². The zero-order chi connectivity index (χ0) is 13.4. The molecular weight excluding hydrogens is 399 g/mol. The normalized spacial score (nSPS) is 11.8. The number of sulfonamides is 1. The van der Waals surface area contributed by atoms with E-state index in [1.165, 1.54) is 4.88 Å². The lowest BCUT2D eigenvalue weighted by Gasteiger charge is -2.11. The number of thiophene rings is 1. The Hall–Kier alpha value is -0.390. The summed E-state index contributed by atoms with van der Waals surface area (Å²) in [5.74, 6) is 0.652. The van der Waals surface area contributed by atoms with Crippen LogP contribution in [0.15, 0.2) is 22.5 Å². The highest BCUT2D eigenvalue weighted by Crippen LogP contribution is 2.06. The fourth-order valence-electron chi connectivity index (χ4n) is 1.22. The molecule has 0 saturated carbocycles. The van der Waals surface area contributed by atoms with Crippen LogP contribution in [0, 0.1) is 0 Å². The van der Waals surface area contributed by atoms with Crippen LogP contribution < -0.4 is 15.4 Å². The highest BCUT2D eigenvalue weighted by molar-refractivity contribution is 14.0. The first-order valence-electron chi connectivity index (χ1n) is 5.43. The van der Waals surface area contributed by atoms with Gasteiger partial charge in [0, 0.05) is 25.0 Å². The Bertz CT molecular complexity index is 474. The van der Waals surface area contributed by atoms with E-state index in [1.807, 2.05) is 17.5 Å². The van der Waals surface area contributed by atoms with Gasteiger partial charge in [-0.3, -0.25) is 4.99 Å². The van der Waals surface area contributed by atoms with E-state index in [0.29, 0.717) is 25.6 Å². The van der Waals surface area contributed by atoms with E-state index in [4.69, 9.17) is 0 Å². The highest BCUT2D eigenvalue weighted by Gasteiger charge is 2.01. The predicted octanol–water partition coefficient (Wildman–Crippen LogP) is 0.580. The second-order valence-electron chi connectivity index (χ2n) is 3.60. The first-order chi connectivity index (χ1) is 8.51. The molecule has 0 saturated heterocycles. The van der Waals surface area contributed by atoms with E-state index in [0.717, 1.165) is 6.26 Å². The summed E-state index contributed by atoms with van der Waals surface area (Å²) >= 11 is 1.67. The first kappa shape index (κ1) is 18.6. The second-order valence-corrected chi connectivity index (χ2v) is 6.46. The largest absolute Gasteiger partial charge is 0.355 e. The van der Waals surface area contributed by atoms with Crippen LogP contribution in [0.4, 0.5) is 0 Å². The molecule has 0 atom stereocenters. The van der Waals surface area contributed by atoms with Gasteiger partial charge in [0.2, 0.25) is 10.0 Å². The number of rotatable bonds is 6. The van der Waals surface area contributed by atoms with Gasteiger partial charge < -0.3 is 10.6 Å². The molecule has 1 heterocycles. The summed E-state index contributed by atoms with van der Waals surface area (Å²) in [5, 5.41) is 8.18. The zero-order valence-electron chi connectivity index (χ0n) is 10.8. The Morgan fingerprint density at radius 3 is 2.63 bits per heavy atom. The third-order valence-corrected chi connectivity index (χ3v) is 3.62. The molecule has 1 aromatic heterocycles. The number of hydrogen-bond acceptors (Lipinski definition) is 4. The molecule has 110 valence electrons. The summed E-state index contributed by atoms with van der Waals surface area (Å²) in [6, 6.07) is 4.03. The Labute approximate surface area is 135 Å². The van der Waals surface area contributed by atoms with E-state index in [2.05, 4.69) is 20.3 Å². The van der Waals surface area contributed by atoms with Crippen LogP contribution in [-0.2, 0) is 16.6 Å². The van der Waals surface area contributed by atoms with Crippen molar-refractivity contribution in [3.63, 3.8) is 0 Å². The molecular formula is C10H19IN4O2S2. The Morgan fingerprint density at radius 1 is 1.37 bits per heavy atom. The summed E-state index contributed by atoms with van der Waals surface area (Å²) in [5.41, 5.74) is 0. The van der Waals surface area contributed by atoms with Gasteiger partial charge in [0.25, 0.3) is 0 Å². The summed E-state index contributed by atoms with van der Waals surface area (Å²) in [7, 11) is -1.45. The highest BCUT2D eigenvalue weighted by atomic mass is 127. The molecule has 0 fully saturated rings. The van der Waals surface area contributed by atoms with Gasteiger partial charge in [0.05, 0.1) is 12.8 Å². The lowest BCUT2D eigenvalue weighted by Crippen LogP contribution is -2.40. The van der Waals surface area contributed by atoms with E-state index >= 15 is 0 Å². The molecule has 0 amide bonds. The number of guanidine groups is 1. The third kappa shape index (κ3) is 9.19. The first-order valence-corrected chi connectivity index (χ1v) is 8.20. The molecule has 1 aromatic rings. The predicted molar refractivity (Wildman–Crippen MR) is 90.8 cm³/mol. The molecule has 19 heavy (non-hydrogen) atoms. The van der Waals surface area contributed by atoms with Gasteiger partial charge in [0.15, 0.2) is 5.96 Å². The van der Waals surface area contributed by atoms with Crippen LogP contribution in [-0.4, -0.2) is 40.8 Å². The number of nitrogens with one attached hydrogen (secondary N) is 3. The summed E-state index contributed by atoms with van der Waals surface area (Å²) in [4.78, 5) is 5.26. The number of aliphatic imine (C=N–C) groups is 1. The maximum atomic E-state index is 10.8. The molecule has 3 N–H and O–H groups in total. The van der Waals surface area contributed by atoms with Crippen molar-refractivity contribution in [2.24, 2.45) is 4.99 Å². The molecule has 9 heteroatoms. The van der Waals surface area contributed by atoms with Crippen molar-refractivity contribution in [3.8, 4) is 0 Å². The molecule has 6 nitrogen and oxygen atoms in total. The van der Waals surface area contributed by atoms with Crippen molar-refractivity contribution in [2.45, 2.75) is 6.54 Å². The van der Waals surface area contributed by atoms with Crippen molar-refractivity contribution in [1.82, 2.24) is 15.4 Å². The Balaban J connectivity index is 0.00000324. The monoisotopic (exact) mass is 418 g/mol. The SMILES string of the molecule is CN=C(NCCNS(C)(=O)=O)NCc1cccs1.I. The molecule has 0 aliphatic heterocycles. The lowest BCUT2D eigenvalue weighted by atomic mass is 10.5. The average molecular weight is 418 g/mol. The van der Waals surface area contributed by atoms with Crippen molar-refractivity contribution in [3.05, 3.63) is 22.4 Å². The van der Waals surface area contributed by atoms with Crippen molar-refractivity contribution >= 4 is 51.3 Å². The minimum atomic E-state index is -3.13. The van der Waals surface area contributed by atoms with Crippen molar-refractivity contribution in [1.29, 1.82) is 0 Å². The average Bonchev–Trinajstić information content (AvgIpc) is 2.79. The van der Waals surface area contributed by atoms with Gasteiger partial charge in [-0.05, 0) is 11.4 Å². The van der Waals surface area contributed by atoms with E-state index < -0.39 is 10.0 Å².